The Morgan fingerprint density at radius 2 is 2.00 bits per heavy atom. The van der Waals surface area contributed by atoms with Crippen molar-refractivity contribution >= 4 is 17.1 Å². The highest BCUT2D eigenvalue weighted by atomic mass is 16.3. The molecule has 2 atom stereocenters. The average Bonchev–Trinajstić information content (AvgIpc) is 2.45. The summed E-state index contributed by atoms with van der Waals surface area (Å²) in [6.07, 6.45) is 0. The molecule has 0 aliphatic carbocycles. The SMILES string of the molecule is CC1c2cc(N)c(N)cc2NC1CO. The third-order valence-corrected chi connectivity index (χ3v) is 2.89. The van der Waals surface area contributed by atoms with Gasteiger partial charge in [-0.1, -0.05) is 6.92 Å². The number of fused-ring (bicyclic) bond motifs is 1. The van der Waals surface area contributed by atoms with Crippen LogP contribution >= 0.6 is 0 Å². The van der Waals surface area contributed by atoms with Gasteiger partial charge in [-0.05, 0) is 17.7 Å². The van der Waals surface area contributed by atoms with Crippen molar-refractivity contribution in [1.82, 2.24) is 0 Å². The van der Waals surface area contributed by atoms with Crippen LogP contribution in [0, 0.1) is 0 Å². The van der Waals surface area contributed by atoms with Crippen LogP contribution in [0.1, 0.15) is 18.4 Å². The highest BCUT2D eigenvalue weighted by Crippen LogP contribution is 2.38. The van der Waals surface area contributed by atoms with E-state index in [0.29, 0.717) is 11.4 Å². The largest absolute Gasteiger partial charge is 0.397 e. The van der Waals surface area contributed by atoms with E-state index in [2.05, 4.69) is 12.2 Å². The van der Waals surface area contributed by atoms with Crippen molar-refractivity contribution in [3.8, 4) is 0 Å². The average molecular weight is 193 g/mol. The molecule has 0 spiro atoms. The third kappa shape index (κ3) is 1.19. The molecule has 0 bridgehead atoms. The first-order valence-corrected chi connectivity index (χ1v) is 4.69. The van der Waals surface area contributed by atoms with Gasteiger partial charge in [-0.3, -0.25) is 0 Å². The van der Waals surface area contributed by atoms with E-state index >= 15 is 0 Å². The molecule has 1 heterocycles. The molecule has 0 radical (unpaired) electrons. The lowest BCUT2D eigenvalue weighted by Crippen LogP contribution is -2.22. The first kappa shape index (κ1) is 9.15. The Hall–Kier alpha value is -1.42. The summed E-state index contributed by atoms with van der Waals surface area (Å²) in [6.45, 7) is 2.19. The van der Waals surface area contributed by atoms with Crippen molar-refractivity contribution in [2.24, 2.45) is 0 Å². The number of aliphatic hydroxyl groups is 1. The monoisotopic (exact) mass is 193 g/mol. The molecule has 1 aromatic rings. The fourth-order valence-corrected chi connectivity index (χ4v) is 1.90. The van der Waals surface area contributed by atoms with Crippen LogP contribution in [0.4, 0.5) is 17.1 Å². The minimum absolute atomic E-state index is 0.0752. The van der Waals surface area contributed by atoms with E-state index in [9.17, 15) is 0 Å². The molecular formula is C10H15N3O. The number of anilines is 3. The lowest BCUT2D eigenvalue weighted by atomic mass is 9.97. The van der Waals surface area contributed by atoms with Crippen LogP contribution in [-0.4, -0.2) is 17.8 Å². The molecule has 2 rings (SSSR count). The smallest absolute Gasteiger partial charge is 0.0638 e. The van der Waals surface area contributed by atoms with Crippen molar-refractivity contribution in [3.63, 3.8) is 0 Å². The van der Waals surface area contributed by atoms with Crippen LogP contribution in [0.5, 0.6) is 0 Å². The highest BCUT2D eigenvalue weighted by Gasteiger charge is 2.28. The molecule has 1 aliphatic rings. The van der Waals surface area contributed by atoms with Crippen LogP contribution in [0.15, 0.2) is 12.1 Å². The van der Waals surface area contributed by atoms with Crippen LogP contribution < -0.4 is 16.8 Å². The van der Waals surface area contributed by atoms with Crippen LogP contribution in [0.25, 0.3) is 0 Å². The predicted octanol–water partition coefficient (Wildman–Crippen LogP) is 0.741. The maximum absolute atomic E-state index is 9.12. The summed E-state index contributed by atoms with van der Waals surface area (Å²) in [6, 6.07) is 3.79. The number of hydrogen-bond donors (Lipinski definition) is 4. The molecule has 0 aromatic heterocycles. The molecule has 0 amide bonds. The summed E-state index contributed by atoms with van der Waals surface area (Å²) in [5, 5.41) is 12.3. The van der Waals surface area contributed by atoms with Gasteiger partial charge in [0.05, 0.1) is 24.0 Å². The highest BCUT2D eigenvalue weighted by molar-refractivity contribution is 5.75. The van der Waals surface area contributed by atoms with Crippen molar-refractivity contribution in [1.29, 1.82) is 0 Å². The van der Waals surface area contributed by atoms with E-state index in [0.717, 1.165) is 11.3 Å². The molecule has 0 saturated heterocycles. The number of aliphatic hydroxyl groups excluding tert-OH is 1. The molecule has 2 unspecified atom stereocenters. The number of rotatable bonds is 1. The number of benzene rings is 1. The lowest BCUT2D eigenvalue weighted by molar-refractivity contribution is 0.266. The topological polar surface area (TPSA) is 84.3 Å². The minimum Gasteiger partial charge on any atom is -0.397 e. The van der Waals surface area contributed by atoms with Crippen molar-refractivity contribution in [2.45, 2.75) is 18.9 Å². The molecule has 14 heavy (non-hydrogen) atoms. The Labute approximate surface area is 82.9 Å². The standard InChI is InChI=1S/C10H15N3O/c1-5-6-2-7(11)8(12)3-9(6)13-10(5)4-14/h2-3,5,10,13-14H,4,11-12H2,1H3. The Balaban J connectivity index is 2.44. The second-order valence-electron chi connectivity index (χ2n) is 3.79. The second kappa shape index (κ2) is 3.06. The van der Waals surface area contributed by atoms with E-state index in [4.69, 9.17) is 16.6 Å². The predicted molar refractivity (Wildman–Crippen MR) is 58.2 cm³/mol. The van der Waals surface area contributed by atoms with Gasteiger partial charge in [-0.2, -0.15) is 0 Å². The van der Waals surface area contributed by atoms with Gasteiger partial charge in [0.2, 0.25) is 0 Å². The molecule has 1 aromatic carbocycles. The van der Waals surface area contributed by atoms with E-state index in [1.54, 1.807) is 0 Å². The lowest BCUT2D eigenvalue weighted by Gasteiger charge is -2.12. The normalized spacial score (nSPS) is 24.4. The Morgan fingerprint density at radius 1 is 1.36 bits per heavy atom. The first-order valence-electron chi connectivity index (χ1n) is 4.69. The Bertz CT molecular complexity index is 365. The summed E-state index contributed by atoms with van der Waals surface area (Å²) >= 11 is 0. The number of nitrogens with one attached hydrogen (secondary N) is 1. The number of nitrogens with two attached hydrogens (primary N) is 2. The fourth-order valence-electron chi connectivity index (χ4n) is 1.90. The van der Waals surface area contributed by atoms with Crippen molar-refractivity contribution in [2.75, 3.05) is 23.4 Å². The molecule has 6 N–H and O–H groups in total. The summed E-state index contributed by atoms with van der Waals surface area (Å²) in [5.74, 6) is 0.276. The molecule has 4 heteroatoms. The summed E-state index contributed by atoms with van der Waals surface area (Å²) in [4.78, 5) is 0. The van der Waals surface area contributed by atoms with E-state index in [-0.39, 0.29) is 18.6 Å². The molecule has 0 fully saturated rings. The van der Waals surface area contributed by atoms with Crippen molar-refractivity contribution < 1.29 is 5.11 Å². The summed E-state index contributed by atoms with van der Waals surface area (Å²) in [7, 11) is 0. The van der Waals surface area contributed by atoms with Gasteiger partial charge in [0.15, 0.2) is 0 Å². The number of nitrogen functional groups attached to an aromatic ring is 2. The summed E-state index contributed by atoms with van der Waals surface area (Å²) in [5.41, 5.74) is 14.7. The van der Waals surface area contributed by atoms with E-state index in [1.165, 1.54) is 0 Å². The van der Waals surface area contributed by atoms with Gasteiger partial charge >= 0.3 is 0 Å². The maximum atomic E-state index is 9.12. The van der Waals surface area contributed by atoms with Crippen molar-refractivity contribution in [3.05, 3.63) is 17.7 Å². The van der Waals surface area contributed by atoms with Gasteiger partial charge in [0.1, 0.15) is 0 Å². The molecular weight excluding hydrogens is 178 g/mol. The van der Waals surface area contributed by atoms with Gasteiger partial charge in [0.25, 0.3) is 0 Å². The zero-order valence-corrected chi connectivity index (χ0v) is 8.12. The fraction of sp³-hybridized carbons (Fsp3) is 0.400. The maximum Gasteiger partial charge on any atom is 0.0638 e. The van der Waals surface area contributed by atoms with E-state index in [1.807, 2.05) is 12.1 Å². The summed E-state index contributed by atoms with van der Waals surface area (Å²) < 4.78 is 0. The van der Waals surface area contributed by atoms with Crippen LogP contribution in [0.2, 0.25) is 0 Å². The third-order valence-electron chi connectivity index (χ3n) is 2.89. The zero-order chi connectivity index (χ0) is 10.3. The molecule has 1 aliphatic heterocycles. The Morgan fingerprint density at radius 3 is 2.64 bits per heavy atom. The second-order valence-corrected chi connectivity index (χ2v) is 3.79. The molecule has 76 valence electrons. The Kier molecular flexibility index (Phi) is 2.00. The van der Waals surface area contributed by atoms with Gasteiger partial charge in [0, 0.05) is 11.6 Å². The van der Waals surface area contributed by atoms with Gasteiger partial charge < -0.3 is 21.9 Å². The first-order chi connectivity index (χ1) is 6.63. The molecule has 4 nitrogen and oxygen atoms in total. The van der Waals surface area contributed by atoms with E-state index < -0.39 is 0 Å². The minimum atomic E-state index is 0.0752. The number of hydrogen-bond acceptors (Lipinski definition) is 4. The van der Waals surface area contributed by atoms with Gasteiger partial charge in [-0.15, -0.1) is 0 Å². The van der Waals surface area contributed by atoms with Crippen LogP contribution in [0.3, 0.4) is 0 Å². The van der Waals surface area contributed by atoms with Gasteiger partial charge in [-0.25, -0.2) is 0 Å². The zero-order valence-electron chi connectivity index (χ0n) is 8.12. The van der Waals surface area contributed by atoms with Crippen LogP contribution in [-0.2, 0) is 0 Å². The quantitative estimate of drug-likeness (QED) is 0.496. The molecule has 0 saturated carbocycles.